The monoisotopic (exact) mass is 233 g/mol. The molecular formula is C14H19NO2. The van der Waals surface area contributed by atoms with Gasteiger partial charge in [-0.3, -0.25) is 0 Å². The van der Waals surface area contributed by atoms with Crippen LogP contribution in [0.5, 0.6) is 0 Å². The Morgan fingerprint density at radius 1 is 1.41 bits per heavy atom. The lowest BCUT2D eigenvalue weighted by atomic mass is 9.86. The summed E-state index contributed by atoms with van der Waals surface area (Å²) in [7, 11) is 0. The third-order valence-corrected chi connectivity index (χ3v) is 4.13. The zero-order valence-electron chi connectivity index (χ0n) is 10.6. The maximum Gasteiger partial charge on any atom is 0.335 e. The number of hydrogen-bond donors (Lipinski definition) is 2. The molecule has 1 aliphatic carbocycles. The highest BCUT2D eigenvalue weighted by Gasteiger charge is 2.47. The highest BCUT2D eigenvalue weighted by atomic mass is 16.4. The van der Waals surface area contributed by atoms with Crippen LogP contribution in [0.4, 0.5) is 0 Å². The second-order valence-electron chi connectivity index (χ2n) is 5.22. The van der Waals surface area contributed by atoms with E-state index in [1.165, 1.54) is 0 Å². The van der Waals surface area contributed by atoms with Gasteiger partial charge in [0.2, 0.25) is 0 Å². The van der Waals surface area contributed by atoms with Crippen LogP contribution in [-0.4, -0.2) is 17.1 Å². The summed E-state index contributed by atoms with van der Waals surface area (Å²) in [5.74, 6) is -0.854. The first kappa shape index (κ1) is 12.1. The van der Waals surface area contributed by atoms with Gasteiger partial charge in [-0.1, -0.05) is 6.07 Å². The second-order valence-corrected chi connectivity index (χ2v) is 5.22. The lowest BCUT2D eigenvalue weighted by Gasteiger charge is -2.22. The first-order valence-corrected chi connectivity index (χ1v) is 5.99. The number of aromatic carboxylic acids is 1. The van der Waals surface area contributed by atoms with E-state index < -0.39 is 5.97 Å². The van der Waals surface area contributed by atoms with Gasteiger partial charge in [0.05, 0.1) is 5.56 Å². The lowest BCUT2D eigenvalue weighted by Crippen LogP contribution is -2.31. The normalized spacial score (nSPS) is 18.8. The van der Waals surface area contributed by atoms with Gasteiger partial charge >= 0.3 is 5.97 Å². The maximum absolute atomic E-state index is 11.2. The molecule has 3 N–H and O–H groups in total. The molecular weight excluding hydrogens is 214 g/mol. The predicted octanol–water partition coefficient (Wildman–Crippen LogP) is 2.38. The molecule has 1 unspecified atom stereocenters. The van der Waals surface area contributed by atoms with E-state index in [1.807, 2.05) is 20.8 Å². The van der Waals surface area contributed by atoms with Crippen molar-refractivity contribution in [3.8, 4) is 0 Å². The van der Waals surface area contributed by atoms with E-state index >= 15 is 0 Å². The zero-order valence-corrected chi connectivity index (χ0v) is 10.6. The van der Waals surface area contributed by atoms with Crippen LogP contribution in [0.2, 0.25) is 0 Å². The standard InChI is InChI=1S/C14H19NO2/c1-8-6-11(14(4-5-14)10(3)15)7-12(9(8)2)13(16)17/h6-7,10H,4-5,15H2,1-3H3,(H,16,17). The fraction of sp³-hybridized carbons (Fsp3) is 0.500. The van der Waals surface area contributed by atoms with Crippen molar-refractivity contribution in [3.05, 3.63) is 34.4 Å². The number of rotatable bonds is 3. The molecule has 17 heavy (non-hydrogen) atoms. The molecule has 1 saturated carbocycles. The quantitative estimate of drug-likeness (QED) is 0.842. The van der Waals surface area contributed by atoms with E-state index in [2.05, 4.69) is 6.07 Å². The predicted molar refractivity (Wildman–Crippen MR) is 67.4 cm³/mol. The Hall–Kier alpha value is -1.35. The number of nitrogens with two attached hydrogens (primary N) is 1. The van der Waals surface area contributed by atoms with Crippen LogP contribution >= 0.6 is 0 Å². The van der Waals surface area contributed by atoms with Gasteiger partial charge in [0.1, 0.15) is 0 Å². The minimum Gasteiger partial charge on any atom is -0.478 e. The molecule has 0 spiro atoms. The molecule has 0 saturated heterocycles. The summed E-state index contributed by atoms with van der Waals surface area (Å²) in [5, 5.41) is 9.21. The number of aryl methyl sites for hydroxylation is 1. The van der Waals surface area contributed by atoms with E-state index in [1.54, 1.807) is 6.07 Å². The Labute approximate surface area is 102 Å². The van der Waals surface area contributed by atoms with Crippen LogP contribution < -0.4 is 5.73 Å². The van der Waals surface area contributed by atoms with Crippen molar-refractivity contribution in [1.29, 1.82) is 0 Å². The Morgan fingerprint density at radius 2 is 2.00 bits per heavy atom. The summed E-state index contributed by atoms with van der Waals surface area (Å²) >= 11 is 0. The van der Waals surface area contributed by atoms with Crippen molar-refractivity contribution in [2.45, 2.75) is 45.1 Å². The minimum absolute atomic E-state index is 0.0165. The number of benzene rings is 1. The summed E-state index contributed by atoms with van der Waals surface area (Å²) in [5.41, 5.74) is 9.43. The molecule has 3 nitrogen and oxygen atoms in total. The van der Waals surface area contributed by atoms with Gasteiger partial charge in [-0.2, -0.15) is 0 Å². The van der Waals surface area contributed by atoms with Crippen LogP contribution in [-0.2, 0) is 5.41 Å². The summed E-state index contributed by atoms with van der Waals surface area (Å²) in [4.78, 5) is 11.2. The Morgan fingerprint density at radius 3 is 2.41 bits per heavy atom. The zero-order chi connectivity index (χ0) is 12.8. The van der Waals surface area contributed by atoms with Crippen molar-refractivity contribution >= 4 is 5.97 Å². The van der Waals surface area contributed by atoms with E-state index in [-0.39, 0.29) is 11.5 Å². The third kappa shape index (κ3) is 1.84. The molecule has 0 aromatic heterocycles. The molecule has 1 aliphatic rings. The lowest BCUT2D eigenvalue weighted by molar-refractivity contribution is 0.0696. The maximum atomic E-state index is 11.2. The molecule has 3 heteroatoms. The molecule has 1 atom stereocenters. The largest absolute Gasteiger partial charge is 0.478 e. The van der Waals surface area contributed by atoms with Gasteiger partial charge in [-0.25, -0.2) is 4.79 Å². The average molecular weight is 233 g/mol. The van der Waals surface area contributed by atoms with Gasteiger partial charge in [0.25, 0.3) is 0 Å². The first-order valence-electron chi connectivity index (χ1n) is 5.99. The fourth-order valence-electron chi connectivity index (χ4n) is 2.51. The van der Waals surface area contributed by atoms with E-state index in [0.717, 1.165) is 29.5 Å². The molecule has 2 rings (SSSR count). The molecule has 1 aromatic carbocycles. The summed E-state index contributed by atoms with van der Waals surface area (Å²) in [6.45, 7) is 5.82. The summed E-state index contributed by atoms with van der Waals surface area (Å²) in [6, 6.07) is 3.98. The van der Waals surface area contributed by atoms with E-state index in [9.17, 15) is 9.90 Å². The highest BCUT2D eigenvalue weighted by molar-refractivity contribution is 5.90. The summed E-state index contributed by atoms with van der Waals surface area (Å²) < 4.78 is 0. The average Bonchev–Trinajstić information content (AvgIpc) is 3.02. The molecule has 0 bridgehead atoms. The molecule has 1 fully saturated rings. The van der Waals surface area contributed by atoms with Gasteiger partial charge in [-0.05, 0) is 56.4 Å². The smallest absolute Gasteiger partial charge is 0.335 e. The van der Waals surface area contributed by atoms with Crippen molar-refractivity contribution in [2.24, 2.45) is 5.73 Å². The molecule has 0 heterocycles. The van der Waals surface area contributed by atoms with Crippen molar-refractivity contribution in [2.75, 3.05) is 0 Å². The fourth-order valence-corrected chi connectivity index (χ4v) is 2.51. The van der Waals surface area contributed by atoms with E-state index in [0.29, 0.717) is 5.56 Å². The second kappa shape index (κ2) is 3.84. The van der Waals surface area contributed by atoms with Gasteiger partial charge < -0.3 is 10.8 Å². The van der Waals surface area contributed by atoms with Crippen molar-refractivity contribution in [3.63, 3.8) is 0 Å². The van der Waals surface area contributed by atoms with Crippen LogP contribution in [0.1, 0.15) is 46.8 Å². The third-order valence-electron chi connectivity index (χ3n) is 4.13. The number of carboxylic acid groups (broad SMARTS) is 1. The molecule has 92 valence electrons. The van der Waals surface area contributed by atoms with Crippen molar-refractivity contribution < 1.29 is 9.90 Å². The van der Waals surface area contributed by atoms with Crippen LogP contribution in [0.15, 0.2) is 12.1 Å². The Balaban J connectivity index is 2.54. The minimum atomic E-state index is -0.854. The first-order chi connectivity index (χ1) is 7.88. The molecule has 1 aromatic rings. The molecule has 0 aliphatic heterocycles. The number of carbonyl (C=O) groups is 1. The Bertz CT molecular complexity index is 473. The van der Waals surface area contributed by atoms with Gasteiger partial charge in [0, 0.05) is 11.5 Å². The number of carboxylic acids is 1. The number of hydrogen-bond acceptors (Lipinski definition) is 2. The Kier molecular flexibility index (Phi) is 2.74. The SMILES string of the molecule is Cc1cc(C2(C(C)N)CC2)cc(C(=O)O)c1C. The van der Waals surface area contributed by atoms with Gasteiger partial charge in [0.15, 0.2) is 0 Å². The van der Waals surface area contributed by atoms with Crippen molar-refractivity contribution in [1.82, 2.24) is 0 Å². The topological polar surface area (TPSA) is 63.3 Å². The van der Waals surface area contributed by atoms with Crippen LogP contribution in [0, 0.1) is 13.8 Å². The molecule has 0 radical (unpaired) electrons. The molecule has 0 amide bonds. The van der Waals surface area contributed by atoms with E-state index in [4.69, 9.17) is 5.73 Å². The van der Waals surface area contributed by atoms with Crippen LogP contribution in [0.3, 0.4) is 0 Å². The summed E-state index contributed by atoms with van der Waals surface area (Å²) in [6.07, 6.45) is 2.12. The van der Waals surface area contributed by atoms with Crippen LogP contribution in [0.25, 0.3) is 0 Å². The van der Waals surface area contributed by atoms with Gasteiger partial charge in [-0.15, -0.1) is 0 Å². The highest BCUT2D eigenvalue weighted by Crippen LogP contribution is 2.50.